The molecule has 0 aliphatic heterocycles. The van der Waals surface area contributed by atoms with Crippen molar-refractivity contribution < 1.29 is 162 Å². The van der Waals surface area contributed by atoms with Gasteiger partial charge in [-0.3, -0.25) is 0 Å². The number of hydrogen-bond acceptors (Lipinski definition) is 6. The van der Waals surface area contributed by atoms with Gasteiger partial charge >= 0.3 is 102 Å². The zero-order valence-electron chi connectivity index (χ0n) is 13.8. The summed E-state index contributed by atoms with van der Waals surface area (Å²) in [5, 5.41) is 37.5. The van der Waals surface area contributed by atoms with Crippen molar-refractivity contribution in [3.05, 3.63) is 39.4 Å². The van der Waals surface area contributed by atoms with Gasteiger partial charge in [0.15, 0.2) is 0 Å². The second-order valence-corrected chi connectivity index (χ2v) is 0. The Bertz CT molecular complexity index is 150. The molecular formula is C6H14MnN6O4Re6Se8-8. The maximum absolute atomic E-state index is 6.25. The van der Waals surface area contributed by atoms with Gasteiger partial charge in [0.2, 0.25) is 0 Å². The van der Waals surface area contributed by atoms with Crippen molar-refractivity contribution >= 4 is 137 Å². The van der Waals surface area contributed by atoms with Gasteiger partial charge in [-0.1, -0.05) is 0 Å². The fraction of sp³-hybridized carbons (Fsp3) is 0. The van der Waals surface area contributed by atoms with Crippen LogP contribution in [0.15, 0.2) is 0 Å². The van der Waals surface area contributed by atoms with E-state index in [9.17, 15) is 0 Å². The van der Waals surface area contributed by atoms with Crippen molar-refractivity contribution in [2.75, 3.05) is 0 Å². The van der Waals surface area contributed by atoms with Crippen LogP contribution < -0.4 is 0 Å². The van der Waals surface area contributed by atoms with Gasteiger partial charge in [0, 0.05) is 140 Å². The van der Waals surface area contributed by atoms with Gasteiger partial charge in [0.05, 0.1) is 0 Å². The standard InChI is InChI=1S/6CN.Mn.4H2O.6Re.6HSe.2Se/c6*1-2;;;;;;;;;;;;;;;;;;;/h;;;;;;;4*1H2;;;;;;;6*1H;;/q6*-1;;;;;;;;;;;;;;;;;;2*-1. The molecule has 0 aromatic carbocycles. The first-order valence-electron chi connectivity index (χ1n) is 1.34. The third-order valence-corrected chi connectivity index (χ3v) is 0. The molecule has 0 unspecified atom stereocenters. The van der Waals surface area contributed by atoms with Crippen LogP contribution in [0, 0.1) is 71.0 Å². The predicted octanol–water partition coefficient (Wildman–Crippen LogP) is -7.39. The van der Waals surface area contributed by atoms with Gasteiger partial charge in [-0.15, -0.1) is 0 Å². The first-order valence-corrected chi connectivity index (χ1v) is 1.34. The molecule has 0 aliphatic carbocycles. The molecule has 0 aromatic rings. The van der Waals surface area contributed by atoms with E-state index in [1.165, 1.54) is 0 Å². The molecule has 0 aliphatic rings. The Hall–Kier alpha value is 5.43. The zero-order valence-corrected chi connectivity index (χ0v) is 46.0. The summed E-state index contributed by atoms with van der Waals surface area (Å²) in [6.45, 7) is 28.5. The van der Waals surface area contributed by atoms with Crippen LogP contribution >= 0.6 is 0 Å². The summed E-state index contributed by atoms with van der Waals surface area (Å²) in [6, 6.07) is 0. The van der Waals surface area contributed by atoms with Gasteiger partial charge in [0.1, 0.15) is 0 Å². The first-order chi connectivity index (χ1) is 6.00. The normalized spacial score (nSPS) is 0.387. The fourth-order valence-corrected chi connectivity index (χ4v) is 0. The summed E-state index contributed by atoms with van der Waals surface area (Å²) >= 11 is 0. The van der Waals surface area contributed by atoms with Crippen molar-refractivity contribution in [2.24, 2.45) is 0 Å². The van der Waals surface area contributed by atoms with Gasteiger partial charge in [0.25, 0.3) is 0 Å². The topological polar surface area (TPSA) is 269 Å². The average molecular weight is 2040 g/mol. The molecule has 197 valence electrons. The average Bonchev–Trinajstić information content (AvgIpc) is 2.33. The van der Waals surface area contributed by atoms with E-state index in [0.29, 0.717) is 0 Å². The Kier molecular flexibility index (Phi) is 16100. The van der Waals surface area contributed by atoms with Crippen LogP contribution in [0.25, 0.3) is 0 Å². The summed E-state index contributed by atoms with van der Waals surface area (Å²) in [6.07, 6.45) is 0. The van der Waals surface area contributed by atoms with Crippen molar-refractivity contribution in [3.63, 3.8) is 0 Å². The van der Waals surface area contributed by atoms with Gasteiger partial charge < -0.3 is 127 Å². The van der Waals surface area contributed by atoms with Crippen LogP contribution in [0.1, 0.15) is 0 Å². The Morgan fingerprint density at radius 3 is 0.258 bits per heavy atom. The van der Waals surface area contributed by atoms with Crippen LogP contribution in [0.2, 0.25) is 0 Å². The molecule has 0 bridgehead atoms. The van der Waals surface area contributed by atoms with E-state index in [1.807, 2.05) is 0 Å². The first kappa shape index (κ1) is 350. The second-order valence-electron chi connectivity index (χ2n) is 0. The van der Waals surface area contributed by atoms with E-state index in [-0.39, 0.29) is 298 Å². The fourth-order valence-electron chi connectivity index (χ4n) is 0. The third kappa shape index (κ3) is 1340. The van der Waals surface area contributed by atoms with Gasteiger partial charge in [-0.05, 0) is 0 Å². The molecule has 0 saturated heterocycles. The monoisotopic (exact) mass is 2050 g/mol. The molecular weight excluding hydrogens is 2020 g/mol. The molecule has 0 aromatic heterocycles. The van der Waals surface area contributed by atoms with Gasteiger partial charge in [-0.25, -0.2) is 0 Å². The van der Waals surface area contributed by atoms with Crippen molar-refractivity contribution in [1.82, 2.24) is 0 Å². The molecule has 0 spiro atoms. The SMILES string of the molecule is O.O.O.O.[C-]#N.[C-]#N.[C-]#N.[C-]#N.[C-]#N.[C-]#N.[Mn].[Re].[Re].[Re].[Re].[Re].[Re].[Se-].[Se-].[SeH].[SeH].[SeH].[SeH].[SeH].[SeH]. The van der Waals surface area contributed by atoms with Gasteiger partial charge in [-0.2, -0.15) is 0 Å². The summed E-state index contributed by atoms with van der Waals surface area (Å²) in [4.78, 5) is 0. The molecule has 8 N–H and O–H groups in total. The Morgan fingerprint density at radius 2 is 0.258 bits per heavy atom. The van der Waals surface area contributed by atoms with E-state index in [1.54, 1.807) is 0 Å². The molecule has 0 atom stereocenters. The van der Waals surface area contributed by atoms with E-state index < -0.39 is 0 Å². The summed E-state index contributed by atoms with van der Waals surface area (Å²) in [5.41, 5.74) is 0. The second kappa shape index (κ2) is 1420. The quantitative estimate of drug-likeness (QED) is 0.168. The maximum atomic E-state index is 6.25. The van der Waals surface area contributed by atoms with E-state index >= 15 is 0 Å². The van der Waals surface area contributed by atoms with Crippen LogP contribution in [-0.2, 0) is 140 Å². The molecule has 0 fully saturated rings. The summed E-state index contributed by atoms with van der Waals surface area (Å²) in [5.74, 6) is 0. The molecule has 10 nitrogen and oxygen atoms in total. The Labute approximate surface area is 362 Å². The molecule has 0 amide bonds. The van der Waals surface area contributed by atoms with Crippen LogP contribution in [-0.4, -0.2) is 158 Å². The van der Waals surface area contributed by atoms with Crippen molar-refractivity contribution in [1.29, 1.82) is 31.6 Å². The molecule has 31 heavy (non-hydrogen) atoms. The van der Waals surface area contributed by atoms with Crippen molar-refractivity contribution in [2.45, 2.75) is 0 Å². The summed E-state index contributed by atoms with van der Waals surface area (Å²) in [7, 11) is 0. The van der Waals surface area contributed by atoms with Crippen LogP contribution in [0.5, 0.6) is 0 Å². The predicted molar refractivity (Wildman–Crippen MR) is 98.7 cm³/mol. The number of nitrogens with zero attached hydrogens (tertiary/aromatic N) is 6. The minimum absolute atomic E-state index is 0. The molecule has 0 rings (SSSR count). The Morgan fingerprint density at radius 1 is 0.258 bits per heavy atom. The molecule has 0 heterocycles. The molecule has 25 heteroatoms. The minimum atomic E-state index is 0. The Balaban J connectivity index is -0.000000000540. The summed E-state index contributed by atoms with van der Waals surface area (Å²) < 4.78 is 0. The van der Waals surface area contributed by atoms with E-state index in [4.69, 9.17) is 71.0 Å². The van der Waals surface area contributed by atoms with Crippen LogP contribution in [0.4, 0.5) is 0 Å². The van der Waals surface area contributed by atoms with Crippen LogP contribution in [0.3, 0.4) is 0 Å². The van der Waals surface area contributed by atoms with Crippen molar-refractivity contribution in [3.8, 4) is 0 Å². The van der Waals surface area contributed by atoms with E-state index in [2.05, 4.69) is 0 Å². The molecule has 0 saturated carbocycles. The molecule has 15 radical (unpaired) electrons. The zero-order chi connectivity index (χ0) is 12.0. The number of rotatable bonds is 0. The van der Waals surface area contributed by atoms with E-state index in [0.717, 1.165) is 0 Å². The number of hydrogen-bond donors (Lipinski definition) is 0. The third-order valence-electron chi connectivity index (χ3n) is 0.